The minimum Gasteiger partial charge on any atom is -0.494 e. The molecule has 220 valence electrons. The molecule has 5 aromatic rings. The van der Waals surface area contributed by atoms with Crippen LogP contribution in [0.25, 0.3) is 22.3 Å². The minimum atomic E-state index is -0.249. The van der Waals surface area contributed by atoms with Gasteiger partial charge in [-0.3, -0.25) is 4.79 Å². The van der Waals surface area contributed by atoms with Crippen LogP contribution in [0.2, 0.25) is 0 Å². The number of benzene rings is 4. The standard InChI is InChI=1S/C36H37N3O4/c1-7-42-33-18-25(5)30(20-29(33)23(2)3)35-38-31-11-9-8-10-28(31)36(40)39(35)37-21-27-16-17-32(34(19-27)41-6)43-22-26-14-12-24(4)13-15-26/h8-21,23H,7,22H2,1-6H3. The Kier molecular flexibility index (Phi) is 8.90. The van der Waals surface area contributed by atoms with Gasteiger partial charge in [0.25, 0.3) is 5.56 Å². The lowest BCUT2D eigenvalue weighted by molar-refractivity contribution is 0.284. The van der Waals surface area contributed by atoms with Gasteiger partial charge in [-0.1, -0.05) is 55.8 Å². The van der Waals surface area contributed by atoms with Gasteiger partial charge in [0.15, 0.2) is 17.3 Å². The van der Waals surface area contributed by atoms with Crippen molar-refractivity contribution in [2.45, 2.75) is 47.1 Å². The lowest BCUT2D eigenvalue weighted by Crippen LogP contribution is -2.21. The van der Waals surface area contributed by atoms with E-state index in [1.807, 2.05) is 68.4 Å². The molecule has 0 fully saturated rings. The Balaban J connectivity index is 1.55. The van der Waals surface area contributed by atoms with Crippen molar-refractivity contribution in [3.8, 4) is 28.6 Å². The summed E-state index contributed by atoms with van der Waals surface area (Å²) in [4.78, 5) is 18.7. The van der Waals surface area contributed by atoms with E-state index in [1.165, 1.54) is 10.2 Å². The molecule has 0 aliphatic rings. The third kappa shape index (κ3) is 6.46. The molecule has 7 nitrogen and oxygen atoms in total. The third-order valence-electron chi connectivity index (χ3n) is 7.30. The van der Waals surface area contributed by atoms with Crippen LogP contribution in [0.4, 0.5) is 0 Å². The molecule has 0 atom stereocenters. The van der Waals surface area contributed by atoms with Crippen molar-refractivity contribution in [3.05, 3.63) is 117 Å². The van der Waals surface area contributed by atoms with Gasteiger partial charge in [-0.2, -0.15) is 9.78 Å². The average molecular weight is 576 g/mol. The predicted molar refractivity (Wildman–Crippen MR) is 173 cm³/mol. The molecule has 0 saturated heterocycles. The lowest BCUT2D eigenvalue weighted by atomic mass is 9.96. The fourth-order valence-electron chi connectivity index (χ4n) is 4.93. The summed E-state index contributed by atoms with van der Waals surface area (Å²) in [6, 6.07) is 25.2. The van der Waals surface area contributed by atoms with Gasteiger partial charge in [-0.15, -0.1) is 0 Å². The molecule has 1 aromatic heterocycles. The summed E-state index contributed by atoms with van der Waals surface area (Å²) in [5.74, 6) is 2.71. The van der Waals surface area contributed by atoms with Crippen LogP contribution < -0.4 is 19.8 Å². The number of nitrogens with zero attached hydrogens (tertiary/aromatic N) is 3. The molecule has 1 heterocycles. The summed E-state index contributed by atoms with van der Waals surface area (Å²) in [7, 11) is 1.60. The zero-order chi connectivity index (χ0) is 30.5. The number of methoxy groups -OCH3 is 1. The Bertz CT molecular complexity index is 1840. The fourth-order valence-corrected chi connectivity index (χ4v) is 4.93. The fraction of sp³-hybridized carbons (Fsp3) is 0.250. The molecule has 7 heteroatoms. The number of ether oxygens (including phenoxy) is 3. The van der Waals surface area contributed by atoms with Crippen LogP contribution in [0, 0.1) is 13.8 Å². The van der Waals surface area contributed by atoms with Gasteiger partial charge in [0.1, 0.15) is 12.4 Å². The van der Waals surface area contributed by atoms with Crippen LogP contribution in [0.3, 0.4) is 0 Å². The first-order valence-electron chi connectivity index (χ1n) is 14.5. The molecule has 0 spiro atoms. The SMILES string of the molecule is CCOc1cc(C)c(-c2nc3ccccc3c(=O)n2N=Cc2ccc(OCc3ccc(C)cc3)c(OC)c2)cc1C(C)C. The highest BCUT2D eigenvalue weighted by atomic mass is 16.5. The Morgan fingerprint density at radius 3 is 2.40 bits per heavy atom. The Hall–Kier alpha value is -4.91. The summed E-state index contributed by atoms with van der Waals surface area (Å²) in [6.45, 7) is 11.3. The zero-order valence-electron chi connectivity index (χ0n) is 25.5. The van der Waals surface area contributed by atoms with Crippen molar-refractivity contribution in [2.24, 2.45) is 5.10 Å². The molecule has 0 bridgehead atoms. The monoisotopic (exact) mass is 575 g/mol. The minimum absolute atomic E-state index is 0.212. The van der Waals surface area contributed by atoms with Crippen LogP contribution in [0.5, 0.6) is 17.2 Å². The van der Waals surface area contributed by atoms with E-state index >= 15 is 0 Å². The second kappa shape index (κ2) is 12.9. The highest BCUT2D eigenvalue weighted by molar-refractivity contribution is 5.83. The molecule has 0 aliphatic carbocycles. The first-order chi connectivity index (χ1) is 20.8. The van der Waals surface area contributed by atoms with Crippen molar-refractivity contribution in [1.29, 1.82) is 0 Å². The van der Waals surface area contributed by atoms with E-state index in [2.05, 4.69) is 44.1 Å². The summed E-state index contributed by atoms with van der Waals surface area (Å²) >= 11 is 0. The molecular weight excluding hydrogens is 538 g/mol. The predicted octanol–water partition coefficient (Wildman–Crippen LogP) is 7.67. The van der Waals surface area contributed by atoms with E-state index in [0.29, 0.717) is 41.4 Å². The Morgan fingerprint density at radius 1 is 0.907 bits per heavy atom. The Morgan fingerprint density at radius 2 is 1.67 bits per heavy atom. The molecule has 43 heavy (non-hydrogen) atoms. The summed E-state index contributed by atoms with van der Waals surface area (Å²) in [5, 5.41) is 5.17. The largest absolute Gasteiger partial charge is 0.494 e. The second-order valence-corrected chi connectivity index (χ2v) is 10.8. The van der Waals surface area contributed by atoms with Gasteiger partial charge in [0, 0.05) is 5.56 Å². The molecule has 4 aromatic carbocycles. The Labute approximate surface area is 252 Å². The van der Waals surface area contributed by atoms with Crippen LogP contribution in [0.15, 0.2) is 88.8 Å². The van der Waals surface area contributed by atoms with E-state index in [1.54, 1.807) is 19.4 Å². The van der Waals surface area contributed by atoms with E-state index in [0.717, 1.165) is 33.6 Å². The number of hydrogen-bond donors (Lipinski definition) is 0. The molecule has 5 rings (SSSR count). The molecule has 0 saturated carbocycles. The van der Waals surface area contributed by atoms with Gasteiger partial charge in [0.2, 0.25) is 0 Å². The number of fused-ring (bicyclic) bond motifs is 1. The topological polar surface area (TPSA) is 74.9 Å². The van der Waals surface area contributed by atoms with E-state index in [4.69, 9.17) is 19.2 Å². The van der Waals surface area contributed by atoms with Crippen molar-refractivity contribution in [2.75, 3.05) is 13.7 Å². The van der Waals surface area contributed by atoms with Gasteiger partial charge < -0.3 is 14.2 Å². The maximum absolute atomic E-state index is 13.8. The van der Waals surface area contributed by atoms with Crippen LogP contribution in [-0.2, 0) is 6.61 Å². The van der Waals surface area contributed by atoms with E-state index < -0.39 is 0 Å². The molecule has 0 unspecified atom stereocenters. The molecule has 0 radical (unpaired) electrons. The van der Waals surface area contributed by atoms with Crippen molar-refractivity contribution < 1.29 is 14.2 Å². The van der Waals surface area contributed by atoms with E-state index in [-0.39, 0.29) is 11.5 Å². The lowest BCUT2D eigenvalue weighted by Gasteiger charge is -2.18. The van der Waals surface area contributed by atoms with Crippen molar-refractivity contribution in [1.82, 2.24) is 9.66 Å². The highest BCUT2D eigenvalue weighted by Gasteiger charge is 2.18. The third-order valence-corrected chi connectivity index (χ3v) is 7.30. The van der Waals surface area contributed by atoms with Crippen LogP contribution in [0.1, 0.15) is 54.5 Å². The number of aryl methyl sites for hydroxylation is 2. The van der Waals surface area contributed by atoms with Gasteiger partial charge in [-0.25, -0.2) is 4.98 Å². The second-order valence-electron chi connectivity index (χ2n) is 10.8. The summed E-state index contributed by atoms with van der Waals surface area (Å²) in [6.07, 6.45) is 1.64. The summed E-state index contributed by atoms with van der Waals surface area (Å²) < 4.78 is 19.0. The van der Waals surface area contributed by atoms with Gasteiger partial charge in [0.05, 0.1) is 30.8 Å². The van der Waals surface area contributed by atoms with Crippen LogP contribution >= 0.6 is 0 Å². The molecule has 0 aliphatic heterocycles. The number of aromatic nitrogens is 2. The molecular formula is C36H37N3O4. The summed E-state index contributed by atoms with van der Waals surface area (Å²) in [5.41, 5.74) is 6.20. The normalized spacial score (nSPS) is 11.4. The number of para-hydroxylation sites is 1. The van der Waals surface area contributed by atoms with Crippen molar-refractivity contribution in [3.63, 3.8) is 0 Å². The maximum Gasteiger partial charge on any atom is 0.282 e. The first-order valence-corrected chi connectivity index (χ1v) is 14.5. The number of rotatable bonds is 10. The van der Waals surface area contributed by atoms with Crippen molar-refractivity contribution >= 4 is 17.1 Å². The number of hydrogen-bond acceptors (Lipinski definition) is 6. The average Bonchev–Trinajstić information content (AvgIpc) is 3.00. The molecule has 0 N–H and O–H groups in total. The highest BCUT2D eigenvalue weighted by Crippen LogP contribution is 2.34. The molecule has 0 amide bonds. The van der Waals surface area contributed by atoms with E-state index in [9.17, 15) is 4.79 Å². The zero-order valence-corrected chi connectivity index (χ0v) is 25.5. The van der Waals surface area contributed by atoms with Gasteiger partial charge >= 0.3 is 0 Å². The van der Waals surface area contributed by atoms with Gasteiger partial charge in [-0.05, 0) is 91.4 Å². The first kappa shape index (κ1) is 29.6. The smallest absolute Gasteiger partial charge is 0.282 e. The van der Waals surface area contributed by atoms with Crippen LogP contribution in [-0.4, -0.2) is 29.6 Å². The maximum atomic E-state index is 13.8. The quantitative estimate of drug-likeness (QED) is 0.160.